The molecule has 2 atom stereocenters. The summed E-state index contributed by atoms with van der Waals surface area (Å²) in [4.78, 5) is 0. The molecule has 2 aromatic rings. The molecule has 1 aromatic carbocycles. The van der Waals surface area contributed by atoms with Gasteiger partial charge in [0.15, 0.2) is 0 Å². The van der Waals surface area contributed by atoms with Crippen molar-refractivity contribution in [2.75, 3.05) is 0 Å². The second-order valence-electron chi connectivity index (χ2n) is 5.23. The summed E-state index contributed by atoms with van der Waals surface area (Å²) in [6.07, 6.45) is 0.825. The average Bonchev–Trinajstić information content (AvgIpc) is 2.75. The molecule has 0 radical (unpaired) electrons. The zero-order chi connectivity index (χ0) is 14.7. The molecule has 0 bridgehead atoms. The van der Waals surface area contributed by atoms with Crippen LogP contribution in [0.4, 0.5) is 0 Å². The molecule has 0 aliphatic heterocycles. The number of halogens is 1. The van der Waals surface area contributed by atoms with Gasteiger partial charge in [-0.2, -0.15) is 5.10 Å². The van der Waals surface area contributed by atoms with Crippen molar-refractivity contribution >= 4 is 15.9 Å². The van der Waals surface area contributed by atoms with E-state index in [1.165, 1.54) is 11.3 Å². The van der Waals surface area contributed by atoms with Crippen molar-refractivity contribution in [3.8, 4) is 0 Å². The molecule has 0 amide bonds. The highest BCUT2D eigenvalue weighted by molar-refractivity contribution is 9.10. The number of aryl methyl sites for hydroxylation is 2. The number of hydrogen-bond donors (Lipinski definition) is 1. The van der Waals surface area contributed by atoms with E-state index >= 15 is 0 Å². The van der Waals surface area contributed by atoms with Gasteiger partial charge in [-0.1, -0.05) is 37.3 Å². The van der Waals surface area contributed by atoms with Crippen LogP contribution >= 0.6 is 15.9 Å². The van der Waals surface area contributed by atoms with Crippen LogP contribution in [0.2, 0.25) is 0 Å². The molecular formula is C16H22BrN3. The van der Waals surface area contributed by atoms with Crippen LogP contribution in [0.15, 0.2) is 34.8 Å². The van der Waals surface area contributed by atoms with Crippen LogP contribution in [0.25, 0.3) is 0 Å². The normalized spacial score (nSPS) is 14.2. The van der Waals surface area contributed by atoms with Gasteiger partial charge in [0.25, 0.3) is 0 Å². The molecule has 0 spiro atoms. The van der Waals surface area contributed by atoms with Crippen molar-refractivity contribution in [3.63, 3.8) is 0 Å². The Bertz CT molecular complexity index is 563. The second-order valence-corrected chi connectivity index (χ2v) is 6.02. The number of hydrogen-bond acceptors (Lipinski definition) is 2. The Kier molecular flexibility index (Phi) is 5.00. The molecule has 0 saturated carbocycles. The third-order valence-corrected chi connectivity index (χ3v) is 4.88. The van der Waals surface area contributed by atoms with Gasteiger partial charge in [-0.05, 0) is 41.3 Å². The molecule has 0 saturated heterocycles. The van der Waals surface area contributed by atoms with E-state index in [-0.39, 0.29) is 6.04 Å². The maximum absolute atomic E-state index is 6.42. The van der Waals surface area contributed by atoms with Crippen LogP contribution < -0.4 is 5.73 Å². The molecule has 2 N–H and O–H groups in total. The summed E-state index contributed by atoms with van der Waals surface area (Å²) < 4.78 is 3.13. The first-order valence-electron chi connectivity index (χ1n) is 7.06. The Hall–Kier alpha value is -1.13. The summed E-state index contributed by atoms with van der Waals surface area (Å²) in [7, 11) is 0. The fourth-order valence-electron chi connectivity index (χ4n) is 2.47. The van der Waals surface area contributed by atoms with Crippen LogP contribution in [0.1, 0.15) is 36.7 Å². The van der Waals surface area contributed by atoms with Crippen molar-refractivity contribution in [3.05, 3.63) is 51.8 Å². The highest BCUT2D eigenvalue weighted by Crippen LogP contribution is 2.26. The first kappa shape index (κ1) is 15.3. The van der Waals surface area contributed by atoms with E-state index in [4.69, 9.17) is 5.73 Å². The van der Waals surface area contributed by atoms with E-state index in [2.05, 4.69) is 59.1 Å². The van der Waals surface area contributed by atoms with Gasteiger partial charge in [0.2, 0.25) is 0 Å². The Morgan fingerprint density at radius 2 is 1.95 bits per heavy atom. The Morgan fingerprint density at radius 1 is 1.30 bits per heavy atom. The highest BCUT2D eigenvalue weighted by atomic mass is 79.9. The standard InChI is InChI=1S/C16H22BrN3/c1-4-20-15(16(17)12(3)19-20)10-14(18)11(2)13-8-6-5-7-9-13/h5-9,11,14H,4,10,18H2,1-3H3. The van der Waals surface area contributed by atoms with Crippen LogP contribution in [0.5, 0.6) is 0 Å². The van der Waals surface area contributed by atoms with Crippen molar-refractivity contribution in [1.29, 1.82) is 0 Å². The zero-order valence-electron chi connectivity index (χ0n) is 12.3. The predicted molar refractivity (Wildman–Crippen MR) is 86.9 cm³/mol. The van der Waals surface area contributed by atoms with E-state index in [1.807, 2.05) is 17.7 Å². The average molecular weight is 336 g/mol. The number of nitrogens with two attached hydrogens (primary N) is 1. The fourth-order valence-corrected chi connectivity index (χ4v) is 2.91. The lowest BCUT2D eigenvalue weighted by molar-refractivity contribution is 0.525. The van der Waals surface area contributed by atoms with Gasteiger partial charge >= 0.3 is 0 Å². The Morgan fingerprint density at radius 3 is 2.55 bits per heavy atom. The molecule has 20 heavy (non-hydrogen) atoms. The summed E-state index contributed by atoms with van der Waals surface area (Å²) in [6, 6.07) is 10.5. The number of benzene rings is 1. The third-order valence-electron chi connectivity index (χ3n) is 3.85. The number of aromatic nitrogens is 2. The largest absolute Gasteiger partial charge is 0.327 e. The lowest BCUT2D eigenvalue weighted by Crippen LogP contribution is -2.30. The molecule has 4 heteroatoms. The smallest absolute Gasteiger partial charge is 0.0738 e. The first-order valence-corrected chi connectivity index (χ1v) is 7.86. The summed E-state index contributed by atoms with van der Waals surface area (Å²) in [5.74, 6) is 0.323. The van der Waals surface area contributed by atoms with E-state index in [0.717, 1.165) is 23.1 Å². The minimum atomic E-state index is 0.0788. The van der Waals surface area contributed by atoms with E-state index in [9.17, 15) is 0 Å². The SMILES string of the molecule is CCn1nc(C)c(Br)c1CC(N)C(C)c1ccccc1. The number of nitrogens with zero attached hydrogens (tertiary/aromatic N) is 2. The van der Waals surface area contributed by atoms with Gasteiger partial charge in [0.05, 0.1) is 15.9 Å². The predicted octanol–water partition coefficient (Wildman–Crippen LogP) is 3.65. The summed E-state index contributed by atoms with van der Waals surface area (Å²) >= 11 is 3.64. The Labute approximate surface area is 129 Å². The van der Waals surface area contributed by atoms with Crippen LogP contribution in [0.3, 0.4) is 0 Å². The van der Waals surface area contributed by atoms with E-state index in [1.54, 1.807) is 0 Å². The zero-order valence-corrected chi connectivity index (χ0v) is 13.9. The van der Waals surface area contributed by atoms with Gasteiger partial charge in [0.1, 0.15) is 0 Å². The van der Waals surface area contributed by atoms with Crippen LogP contribution in [0, 0.1) is 6.92 Å². The summed E-state index contributed by atoms with van der Waals surface area (Å²) in [5.41, 5.74) is 9.93. The fraction of sp³-hybridized carbons (Fsp3) is 0.438. The molecule has 0 fully saturated rings. The maximum atomic E-state index is 6.42. The first-order chi connectivity index (χ1) is 9.54. The summed E-state index contributed by atoms with van der Waals surface area (Å²) in [5, 5.41) is 4.53. The monoisotopic (exact) mass is 335 g/mol. The molecule has 3 nitrogen and oxygen atoms in total. The van der Waals surface area contributed by atoms with Crippen molar-refractivity contribution in [2.24, 2.45) is 5.73 Å². The van der Waals surface area contributed by atoms with Gasteiger partial charge in [0, 0.05) is 19.0 Å². The molecule has 2 rings (SSSR count). The lowest BCUT2D eigenvalue weighted by Gasteiger charge is -2.21. The van der Waals surface area contributed by atoms with E-state index in [0.29, 0.717) is 5.92 Å². The molecule has 0 aliphatic carbocycles. The van der Waals surface area contributed by atoms with Crippen molar-refractivity contribution < 1.29 is 0 Å². The lowest BCUT2D eigenvalue weighted by atomic mass is 9.91. The molecular weight excluding hydrogens is 314 g/mol. The highest BCUT2D eigenvalue weighted by Gasteiger charge is 2.20. The van der Waals surface area contributed by atoms with Crippen LogP contribution in [-0.2, 0) is 13.0 Å². The topological polar surface area (TPSA) is 43.8 Å². The number of rotatable bonds is 5. The quantitative estimate of drug-likeness (QED) is 0.906. The molecule has 2 unspecified atom stereocenters. The molecule has 0 aliphatic rings. The van der Waals surface area contributed by atoms with Crippen LogP contribution in [-0.4, -0.2) is 15.8 Å². The van der Waals surface area contributed by atoms with Gasteiger partial charge in [-0.15, -0.1) is 0 Å². The van der Waals surface area contributed by atoms with Gasteiger partial charge < -0.3 is 5.73 Å². The van der Waals surface area contributed by atoms with Gasteiger partial charge in [-0.3, -0.25) is 4.68 Å². The second kappa shape index (κ2) is 6.55. The summed E-state index contributed by atoms with van der Waals surface area (Å²) in [6.45, 7) is 7.18. The van der Waals surface area contributed by atoms with Crippen molar-refractivity contribution in [1.82, 2.24) is 9.78 Å². The maximum Gasteiger partial charge on any atom is 0.0738 e. The molecule has 1 aromatic heterocycles. The minimum absolute atomic E-state index is 0.0788. The third kappa shape index (κ3) is 3.13. The minimum Gasteiger partial charge on any atom is -0.327 e. The van der Waals surface area contributed by atoms with E-state index < -0.39 is 0 Å². The van der Waals surface area contributed by atoms with Crippen molar-refractivity contribution in [2.45, 2.75) is 45.7 Å². The Balaban J connectivity index is 2.18. The van der Waals surface area contributed by atoms with Gasteiger partial charge in [-0.25, -0.2) is 0 Å². The molecule has 1 heterocycles. The molecule has 108 valence electrons.